The summed E-state index contributed by atoms with van der Waals surface area (Å²) < 4.78 is 5.40. The van der Waals surface area contributed by atoms with Gasteiger partial charge in [0.2, 0.25) is 0 Å². The summed E-state index contributed by atoms with van der Waals surface area (Å²) in [5.41, 5.74) is 0.540. The van der Waals surface area contributed by atoms with E-state index in [0.29, 0.717) is 10.4 Å². The highest BCUT2D eigenvalue weighted by molar-refractivity contribution is 8.00. The molecular formula is C8H7NO2S2. The molecule has 3 nitrogen and oxygen atoms in total. The Morgan fingerprint density at radius 1 is 1.77 bits per heavy atom. The standard InChI is InChI=1S/C8H7NO2S2/c1-11-7(10)6-3-5(4-9)8(12-2)13-6/h3H,1-2H3. The van der Waals surface area contributed by atoms with Crippen LogP contribution in [0, 0.1) is 11.3 Å². The van der Waals surface area contributed by atoms with E-state index in [1.807, 2.05) is 12.3 Å². The summed E-state index contributed by atoms with van der Waals surface area (Å²) in [5.74, 6) is -0.387. The molecule has 1 heterocycles. The van der Waals surface area contributed by atoms with Crippen molar-refractivity contribution < 1.29 is 9.53 Å². The summed E-state index contributed by atoms with van der Waals surface area (Å²) in [6.07, 6.45) is 1.87. The zero-order chi connectivity index (χ0) is 9.84. The number of ether oxygens (including phenoxy) is 1. The van der Waals surface area contributed by atoms with Crippen LogP contribution in [0.1, 0.15) is 15.2 Å². The Morgan fingerprint density at radius 2 is 2.46 bits per heavy atom. The van der Waals surface area contributed by atoms with Gasteiger partial charge in [0, 0.05) is 0 Å². The van der Waals surface area contributed by atoms with Gasteiger partial charge in [0.05, 0.1) is 16.9 Å². The lowest BCUT2D eigenvalue weighted by Crippen LogP contribution is -1.96. The summed E-state index contributed by atoms with van der Waals surface area (Å²) in [5, 5.41) is 8.71. The van der Waals surface area contributed by atoms with E-state index in [1.54, 1.807) is 6.07 Å². The molecule has 68 valence electrons. The van der Waals surface area contributed by atoms with Crippen LogP contribution in [0.4, 0.5) is 0 Å². The van der Waals surface area contributed by atoms with Crippen molar-refractivity contribution >= 4 is 29.1 Å². The monoisotopic (exact) mass is 213 g/mol. The van der Waals surface area contributed by atoms with E-state index in [2.05, 4.69) is 4.74 Å². The Labute approximate surface area is 84.3 Å². The van der Waals surface area contributed by atoms with Crippen LogP contribution >= 0.6 is 23.1 Å². The normalized spacial score (nSPS) is 9.31. The lowest BCUT2D eigenvalue weighted by molar-refractivity contribution is 0.0606. The molecule has 0 spiro atoms. The van der Waals surface area contributed by atoms with Crippen molar-refractivity contribution in [3.8, 4) is 6.07 Å². The Bertz CT molecular complexity index is 365. The molecule has 0 atom stereocenters. The largest absolute Gasteiger partial charge is 0.465 e. The van der Waals surface area contributed by atoms with Crippen molar-refractivity contribution in [1.82, 2.24) is 0 Å². The van der Waals surface area contributed by atoms with E-state index in [-0.39, 0.29) is 5.97 Å². The molecule has 0 aliphatic rings. The van der Waals surface area contributed by atoms with Crippen LogP contribution in [0.2, 0.25) is 0 Å². The van der Waals surface area contributed by atoms with Crippen LogP contribution in [0.3, 0.4) is 0 Å². The molecule has 0 amide bonds. The smallest absolute Gasteiger partial charge is 0.348 e. The molecule has 0 N–H and O–H groups in total. The summed E-state index contributed by atoms with van der Waals surface area (Å²) in [4.78, 5) is 11.6. The molecule has 0 fully saturated rings. The molecule has 0 saturated carbocycles. The third-order valence-corrected chi connectivity index (χ3v) is 3.64. The molecule has 1 aromatic heterocycles. The number of esters is 1. The van der Waals surface area contributed by atoms with Gasteiger partial charge in [0.25, 0.3) is 0 Å². The van der Waals surface area contributed by atoms with Crippen molar-refractivity contribution in [1.29, 1.82) is 5.26 Å². The number of carbonyl (C=O) groups excluding carboxylic acids is 1. The minimum Gasteiger partial charge on any atom is -0.465 e. The number of nitriles is 1. The molecular weight excluding hydrogens is 206 g/mol. The summed E-state index contributed by atoms with van der Waals surface area (Å²) in [6, 6.07) is 3.59. The van der Waals surface area contributed by atoms with Gasteiger partial charge in [-0.3, -0.25) is 0 Å². The highest BCUT2D eigenvalue weighted by atomic mass is 32.2. The highest BCUT2D eigenvalue weighted by Crippen LogP contribution is 2.30. The van der Waals surface area contributed by atoms with E-state index in [4.69, 9.17) is 5.26 Å². The first-order valence-corrected chi connectivity index (χ1v) is 5.43. The van der Waals surface area contributed by atoms with Gasteiger partial charge < -0.3 is 4.74 Å². The first-order chi connectivity index (χ1) is 6.22. The average Bonchev–Trinajstić information content (AvgIpc) is 2.59. The number of methoxy groups -OCH3 is 1. The van der Waals surface area contributed by atoms with Gasteiger partial charge in [-0.2, -0.15) is 5.26 Å². The molecule has 1 aromatic rings. The third-order valence-electron chi connectivity index (χ3n) is 1.39. The fraction of sp³-hybridized carbons (Fsp3) is 0.250. The van der Waals surface area contributed by atoms with Crippen molar-refractivity contribution in [3.63, 3.8) is 0 Å². The van der Waals surface area contributed by atoms with E-state index in [1.165, 1.54) is 30.2 Å². The quantitative estimate of drug-likeness (QED) is 0.558. The number of carbonyl (C=O) groups is 1. The van der Waals surface area contributed by atoms with Gasteiger partial charge in [-0.15, -0.1) is 23.1 Å². The van der Waals surface area contributed by atoms with Crippen LogP contribution in [0.15, 0.2) is 10.3 Å². The minimum atomic E-state index is -0.387. The maximum Gasteiger partial charge on any atom is 0.348 e. The maximum absolute atomic E-state index is 11.1. The Morgan fingerprint density at radius 3 is 2.85 bits per heavy atom. The van der Waals surface area contributed by atoms with E-state index < -0.39 is 0 Å². The lowest BCUT2D eigenvalue weighted by atomic mass is 10.3. The molecule has 0 aliphatic carbocycles. The molecule has 0 radical (unpaired) electrons. The van der Waals surface area contributed by atoms with Gasteiger partial charge in [-0.25, -0.2) is 4.79 Å². The minimum absolute atomic E-state index is 0.387. The van der Waals surface area contributed by atoms with Crippen molar-refractivity contribution in [2.24, 2.45) is 0 Å². The Balaban J connectivity index is 3.08. The van der Waals surface area contributed by atoms with Gasteiger partial charge in [-0.05, 0) is 12.3 Å². The second-order valence-corrected chi connectivity index (χ2v) is 4.25. The average molecular weight is 213 g/mol. The number of thiophene rings is 1. The number of hydrogen-bond donors (Lipinski definition) is 0. The number of nitrogens with zero attached hydrogens (tertiary/aromatic N) is 1. The first-order valence-electron chi connectivity index (χ1n) is 3.39. The Hall–Kier alpha value is -0.990. The van der Waals surface area contributed by atoms with Gasteiger partial charge >= 0.3 is 5.97 Å². The molecule has 0 saturated heterocycles. The van der Waals surface area contributed by atoms with E-state index in [9.17, 15) is 4.79 Å². The van der Waals surface area contributed by atoms with Crippen LogP contribution < -0.4 is 0 Å². The zero-order valence-electron chi connectivity index (χ0n) is 7.16. The topological polar surface area (TPSA) is 50.1 Å². The molecule has 1 rings (SSSR count). The highest BCUT2D eigenvalue weighted by Gasteiger charge is 2.13. The van der Waals surface area contributed by atoms with Crippen molar-refractivity contribution in [2.45, 2.75) is 4.21 Å². The van der Waals surface area contributed by atoms with Crippen LogP contribution in [-0.2, 0) is 4.74 Å². The van der Waals surface area contributed by atoms with Crippen LogP contribution in [0.25, 0.3) is 0 Å². The predicted octanol–water partition coefficient (Wildman–Crippen LogP) is 2.13. The van der Waals surface area contributed by atoms with Gasteiger partial charge in [-0.1, -0.05) is 0 Å². The molecule has 0 bridgehead atoms. The third kappa shape index (κ3) is 2.02. The van der Waals surface area contributed by atoms with E-state index >= 15 is 0 Å². The summed E-state index contributed by atoms with van der Waals surface area (Å²) in [6.45, 7) is 0. The summed E-state index contributed by atoms with van der Waals surface area (Å²) >= 11 is 2.74. The van der Waals surface area contributed by atoms with E-state index in [0.717, 1.165) is 4.21 Å². The van der Waals surface area contributed by atoms with Crippen LogP contribution in [0.5, 0.6) is 0 Å². The second kappa shape index (κ2) is 4.30. The molecule has 0 unspecified atom stereocenters. The van der Waals surface area contributed by atoms with Gasteiger partial charge in [0.15, 0.2) is 0 Å². The maximum atomic E-state index is 11.1. The van der Waals surface area contributed by atoms with Crippen molar-refractivity contribution in [3.05, 3.63) is 16.5 Å². The Kier molecular flexibility index (Phi) is 3.34. The fourth-order valence-corrected chi connectivity index (χ4v) is 2.49. The summed E-state index contributed by atoms with van der Waals surface area (Å²) in [7, 11) is 1.33. The number of thioether (sulfide) groups is 1. The van der Waals surface area contributed by atoms with Crippen LogP contribution in [-0.4, -0.2) is 19.3 Å². The molecule has 5 heteroatoms. The molecule has 0 aromatic carbocycles. The molecule has 13 heavy (non-hydrogen) atoms. The predicted molar refractivity (Wildman–Crippen MR) is 52.2 cm³/mol. The SMILES string of the molecule is COC(=O)c1cc(C#N)c(SC)s1. The zero-order valence-corrected chi connectivity index (χ0v) is 8.79. The number of hydrogen-bond acceptors (Lipinski definition) is 5. The number of rotatable bonds is 2. The van der Waals surface area contributed by atoms with Crippen molar-refractivity contribution in [2.75, 3.05) is 13.4 Å². The van der Waals surface area contributed by atoms with Gasteiger partial charge in [0.1, 0.15) is 10.9 Å². The molecule has 0 aliphatic heterocycles. The first kappa shape index (κ1) is 10.1. The lowest BCUT2D eigenvalue weighted by Gasteiger charge is -1.91. The second-order valence-electron chi connectivity index (χ2n) is 2.12. The fourth-order valence-electron chi connectivity index (χ4n) is 0.805.